The number of carbonyl (C=O) groups excluding carboxylic acids is 4. The van der Waals surface area contributed by atoms with Crippen LogP contribution in [0, 0.1) is 0 Å². The summed E-state index contributed by atoms with van der Waals surface area (Å²) in [5, 5.41) is 25.4. The van der Waals surface area contributed by atoms with E-state index < -0.39 is 66.2 Å². The second-order valence-electron chi connectivity index (χ2n) is 8.20. The second-order valence-corrected chi connectivity index (χ2v) is 9.19. The number of hydrogen-bond acceptors (Lipinski definition) is 8. The van der Waals surface area contributed by atoms with Gasteiger partial charge in [0.1, 0.15) is 18.1 Å². The van der Waals surface area contributed by atoms with Gasteiger partial charge in [0, 0.05) is 12.8 Å². The van der Waals surface area contributed by atoms with Crippen molar-refractivity contribution in [1.29, 1.82) is 0 Å². The normalized spacial score (nSPS) is 13.9. The highest BCUT2D eigenvalue weighted by Crippen LogP contribution is 2.08. The van der Waals surface area contributed by atoms with Crippen molar-refractivity contribution in [2.45, 2.75) is 56.3 Å². The molecule has 0 aliphatic carbocycles. The summed E-state index contributed by atoms with van der Waals surface area (Å²) < 4.78 is 0. The molecular weight excluding hydrogens is 506 g/mol. The highest BCUT2D eigenvalue weighted by Gasteiger charge is 2.31. The largest absolute Gasteiger partial charge is 0.481 e. The molecule has 1 aromatic rings. The number of nitrogens with one attached hydrogen (secondary N) is 3. The summed E-state index contributed by atoms with van der Waals surface area (Å²) in [6.45, 7) is 0. The molecule has 0 fully saturated rings. The van der Waals surface area contributed by atoms with Crippen LogP contribution in [-0.4, -0.2) is 82.0 Å². The van der Waals surface area contributed by atoms with E-state index in [2.05, 4.69) is 16.0 Å². The summed E-state index contributed by atoms with van der Waals surface area (Å²) in [4.78, 5) is 71.9. The van der Waals surface area contributed by atoms with Gasteiger partial charge in [0.2, 0.25) is 23.6 Å². The molecule has 0 saturated heterocycles. The lowest BCUT2D eigenvalue weighted by Gasteiger charge is -2.25. The van der Waals surface area contributed by atoms with Crippen LogP contribution in [0.1, 0.15) is 31.2 Å². The number of rotatable bonds is 17. The number of thioether (sulfide) groups is 1. The minimum Gasteiger partial charge on any atom is -0.481 e. The van der Waals surface area contributed by atoms with Crippen LogP contribution in [0.2, 0.25) is 0 Å². The zero-order chi connectivity index (χ0) is 28.0. The standard InChI is InChI=1S/C23H33N5O8S/c1-37-10-9-15(21(33)28-17(23(35)36)12-19(30)31)26-22(34)16(11-13-5-3-2-4-6-13)27-20(32)14(24)7-8-18(25)29/h2-6,14-17H,7-12,24H2,1H3,(H2,25,29)(H,26,34)(H,27,32)(H,28,33)(H,30,31)(H,35,36). The molecule has 0 aliphatic heterocycles. The van der Waals surface area contributed by atoms with Crippen LogP contribution in [0.3, 0.4) is 0 Å². The van der Waals surface area contributed by atoms with E-state index in [-0.39, 0.29) is 25.7 Å². The first-order valence-electron chi connectivity index (χ1n) is 11.4. The molecule has 14 heteroatoms. The van der Waals surface area contributed by atoms with Crippen LogP contribution in [0.4, 0.5) is 0 Å². The molecule has 1 aromatic carbocycles. The van der Waals surface area contributed by atoms with Gasteiger partial charge >= 0.3 is 11.9 Å². The Kier molecular flexibility index (Phi) is 13.7. The van der Waals surface area contributed by atoms with Gasteiger partial charge in [0.05, 0.1) is 12.5 Å². The molecule has 1 rings (SSSR count). The molecular formula is C23H33N5O8S. The van der Waals surface area contributed by atoms with Gasteiger partial charge < -0.3 is 37.6 Å². The molecule has 0 bridgehead atoms. The Labute approximate surface area is 218 Å². The van der Waals surface area contributed by atoms with Crippen molar-refractivity contribution in [2.24, 2.45) is 11.5 Å². The third-order valence-corrected chi connectivity index (χ3v) is 5.84. The number of benzene rings is 1. The number of hydrogen-bond donors (Lipinski definition) is 7. The molecule has 4 unspecified atom stereocenters. The lowest BCUT2D eigenvalue weighted by atomic mass is 10.0. The lowest BCUT2D eigenvalue weighted by molar-refractivity contribution is -0.147. The second kappa shape index (κ2) is 16.2. The average Bonchev–Trinajstić information content (AvgIpc) is 2.84. The fourth-order valence-electron chi connectivity index (χ4n) is 3.19. The van der Waals surface area contributed by atoms with E-state index in [0.29, 0.717) is 11.3 Å². The maximum Gasteiger partial charge on any atom is 0.326 e. The van der Waals surface area contributed by atoms with Crippen molar-refractivity contribution in [3.63, 3.8) is 0 Å². The predicted molar refractivity (Wildman–Crippen MR) is 135 cm³/mol. The number of nitrogens with two attached hydrogens (primary N) is 2. The van der Waals surface area contributed by atoms with Crippen molar-refractivity contribution in [1.82, 2.24) is 16.0 Å². The minimum atomic E-state index is -1.69. The zero-order valence-electron chi connectivity index (χ0n) is 20.3. The molecule has 37 heavy (non-hydrogen) atoms. The zero-order valence-corrected chi connectivity index (χ0v) is 21.2. The number of carboxylic acids is 2. The third-order valence-electron chi connectivity index (χ3n) is 5.19. The third kappa shape index (κ3) is 12.2. The van der Waals surface area contributed by atoms with E-state index in [9.17, 15) is 33.9 Å². The van der Waals surface area contributed by atoms with Crippen LogP contribution in [0.5, 0.6) is 0 Å². The van der Waals surface area contributed by atoms with Gasteiger partial charge in [-0.1, -0.05) is 30.3 Å². The number of amides is 4. The molecule has 0 spiro atoms. The number of primary amides is 1. The summed E-state index contributed by atoms with van der Waals surface area (Å²) in [5.41, 5.74) is 11.6. The molecule has 0 heterocycles. The Balaban J connectivity index is 3.07. The van der Waals surface area contributed by atoms with Gasteiger partial charge in [0.15, 0.2) is 0 Å². The maximum absolute atomic E-state index is 13.2. The van der Waals surface area contributed by atoms with E-state index >= 15 is 0 Å². The number of carbonyl (C=O) groups is 6. The molecule has 0 radical (unpaired) electrons. The molecule has 204 valence electrons. The average molecular weight is 540 g/mol. The lowest BCUT2D eigenvalue weighted by Crippen LogP contribution is -2.57. The van der Waals surface area contributed by atoms with Gasteiger partial charge in [-0.25, -0.2) is 4.79 Å². The topological polar surface area (TPSA) is 231 Å². The molecule has 0 saturated carbocycles. The molecule has 0 aliphatic rings. The van der Waals surface area contributed by atoms with Gasteiger partial charge in [-0.3, -0.25) is 24.0 Å². The van der Waals surface area contributed by atoms with Crippen LogP contribution in [0.25, 0.3) is 0 Å². The monoisotopic (exact) mass is 539 g/mol. The Morgan fingerprint density at radius 3 is 1.97 bits per heavy atom. The molecule has 4 amide bonds. The SMILES string of the molecule is CSCCC(NC(=O)C(Cc1ccccc1)NC(=O)C(N)CCC(N)=O)C(=O)NC(CC(=O)O)C(=O)O. The van der Waals surface area contributed by atoms with Gasteiger partial charge in [0.25, 0.3) is 0 Å². The van der Waals surface area contributed by atoms with E-state index in [0.717, 1.165) is 0 Å². The Bertz CT molecular complexity index is 962. The first kappa shape index (κ1) is 31.4. The summed E-state index contributed by atoms with van der Waals surface area (Å²) in [5.74, 6) is -5.48. The first-order chi connectivity index (χ1) is 17.4. The fraction of sp³-hybridized carbons (Fsp3) is 0.478. The van der Waals surface area contributed by atoms with Crippen LogP contribution in [-0.2, 0) is 35.2 Å². The predicted octanol–water partition coefficient (Wildman–Crippen LogP) is -1.41. The van der Waals surface area contributed by atoms with E-state index in [1.165, 1.54) is 11.8 Å². The van der Waals surface area contributed by atoms with Gasteiger partial charge in [-0.2, -0.15) is 11.8 Å². The van der Waals surface area contributed by atoms with E-state index in [1.807, 2.05) is 0 Å². The molecule has 0 aromatic heterocycles. The summed E-state index contributed by atoms with van der Waals surface area (Å²) in [6, 6.07) is 3.57. The Morgan fingerprint density at radius 2 is 1.43 bits per heavy atom. The van der Waals surface area contributed by atoms with Crippen molar-refractivity contribution < 1.29 is 39.0 Å². The van der Waals surface area contributed by atoms with Gasteiger partial charge in [-0.05, 0) is 30.4 Å². The van der Waals surface area contributed by atoms with Gasteiger partial charge in [-0.15, -0.1) is 0 Å². The van der Waals surface area contributed by atoms with Crippen molar-refractivity contribution in [3.05, 3.63) is 35.9 Å². The number of aliphatic carboxylic acids is 2. The van der Waals surface area contributed by atoms with Crippen molar-refractivity contribution in [2.75, 3.05) is 12.0 Å². The maximum atomic E-state index is 13.2. The molecule has 9 N–H and O–H groups in total. The summed E-state index contributed by atoms with van der Waals surface area (Å²) in [6.07, 6.45) is 0.937. The van der Waals surface area contributed by atoms with E-state index in [4.69, 9.17) is 16.6 Å². The van der Waals surface area contributed by atoms with Crippen LogP contribution in [0.15, 0.2) is 30.3 Å². The minimum absolute atomic E-state index is 0.0280. The van der Waals surface area contributed by atoms with Crippen molar-refractivity contribution >= 4 is 47.3 Å². The first-order valence-corrected chi connectivity index (χ1v) is 12.8. The number of carboxylic acid groups (broad SMARTS) is 2. The fourth-order valence-corrected chi connectivity index (χ4v) is 3.66. The Hall–Kier alpha value is -3.65. The van der Waals surface area contributed by atoms with Crippen LogP contribution < -0.4 is 27.4 Å². The Morgan fingerprint density at radius 1 is 0.865 bits per heavy atom. The van der Waals surface area contributed by atoms with Crippen molar-refractivity contribution in [3.8, 4) is 0 Å². The molecule has 13 nitrogen and oxygen atoms in total. The highest BCUT2D eigenvalue weighted by molar-refractivity contribution is 7.98. The smallest absolute Gasteiger partial charge is 0.326 e. The molecule has 4 atom stereocenters. The highest BCUT2D eigenvalue weighted by atomic mass is 32.2. The van der Waals surface area contributed by atoms with E-state index in [1.54, 1.807) is 36.6 Å². The summed E-state index contributed by atoms with van der Waals surface area (Å²) >= 11 is 1.38. The summed E-state index contributed by atoms with van der Waals surface area (Å²) in [7, 11) is 0. The quantitative estimate of drug-likeness (QED) is 0.122. The van der Waals surface area contributed by atoms with Crippen LogP contribution >= 0.6 is 11.8 Å².